The molecule has 1 unspecified atom stereocenters. The number of ether oxygens (including phenoxy) is 2. The van der Waals surface area contributed by atoms with E-state index in [-0.39, 0.29) is 35.4 Å². The standard InChI is InChI=1S/C20H20AsClO5/c1-26-20(25)17-11-15(22)7-8-18(17)21-19(24)12-16(23)9-10-27-13-14-5-3-2-4-6-14/h2-8,11,21H,9-10,12-13H2,1H3. The van der Waals surface area contributed by atoms with Crippen molar-refractivity contribution in [2.24, 2.45) is 0 Å². The SMILES string of the molecule is COC(=O)c1cc(Cl)ccc1[AsH]C(=O)CC(=O)CCOCc1ccccc1. The van der Waals surface area contributed by atoms with Gasteiger partial charge in [-0.3, -0.25) is 0 Å². The summed E-state index contributed by atoms with van der Waals surface area (Å²) in [6.45, 7) is 0.707. The predicted octanol–water partition coefficient (Wildman–Crippen LogP) is 2.28. The van der Waals surface area contributed by atoms with Crippen molar-refractivity contribution >= 4 is 48.0 Å². The van der Waals surface area contributed by atoms with Crippen LogP contribution in [-0.4, -0.2) is 45.8 Å². The summed E-state index contributed by atoms with van der Waals surface area (Å²) in [4.78, 5) is 36.1. The Morgan fingerprint density at radius 3 is 2.52 bits per heavy atom. The summed E-state index contributed by atoms with van der Waals surface area (Å²) in [5.41, 5.74) is 1.32. The van der Waals surface area contributed by atoms with Crippen molar-refractivity contribution in [3.8, 4) is 0 Å². The van der Waals surface area contributed by atoms with Gasteiger partial charge in [0.05, 0.1) is 0 Å². The van der Waals surface area contributed by atoms with E-state index in [4.69, 9.17) is 21.1 Å². The summed E-state index contributed by atoms with van der Waals surface area (Å²) in [6.07, 6.45) is 0.0488. The van der Waals surface area contributed by atoms with Gasteiger partial charge in [-0.1, -0.05) is 0 Å². The van der Waals surface area contributed by atoms with Crippen LogP contribution in [0.25, 0.3) is 0 Å². The van der Waals surface area contributed by atoms with E-state index < -0.39 is 21.7 Å². The molecule has 0 aliphatic carbocycles. The predicted molar refractivity (Wildman–Crippen MR) is 105 cm³/mol. The summed E-state index contributed by atoms with van der Waals surface area (Å²) >= 11 is 4.59. The Hall–Kier alpha value is -1.94. The van der Waals surface area contributed by atoms with E-state index in [1.165, 1.54) is 13.2 Å². The van der Waals surface area contributed by atoms with Gasteiger partial charge in [-0.05, 0) is 0 Å². The molecule has 0 aromatic heterocycles. The van der Waals surface area contributed by atoms with Gasteiger partial charge in [0.15, 0.2) is 0 Å². The molecule has 2 rings (SSSR count). The van der Waals surface area contributed by atoms with Crippen LogP contribution in [-0.2, 0) is 25.7 Å². The van der Waals surface area contributed by atoms with Crippen molar-refractivity contribution in [2.75, 3.05) is 13.7 Å². The Kier molecular flexibility index (Phi) is 8.72. The topological polar surface area (TPSA) is 69.7 Å². The fourth-order valence-electron chi connectivity index (χ4n) is 2.32. The zero-order valence-corrected chi connectivity index (χ0v) is 17.7. The molecule has 0 aliphatic rings. The van der Waals surface area contributed by atoms with Crippen LogP contribution in [0.3, 0.4) is 0 Å². The van der Waals surface area contributed by atoms with Gasteiger partial charge in [0.25, 0.3) is 0 Å². The number of Topliss-reactive ketones (excluding diaryl/α,β-unsaturated/α-hetero) is 1. The van der Waals surface area contributed by atoms with Gasteiger partial charge in [0.1, 0.15) is 0 Å². The van der Waals surface area contributed by atoms with Crippen LogP contribution < -0.4 is 4.35 Å². The molecular weight excluding hydrogens is 431 g/mol. The zero-order chi connectivity index (χ0) is 19.6. The Morgan fingerprint density at radius 1 is 1.07 bits per heavy atom. The third-order valence-corrected chi connectivity index (χ3v) is 6.33. The molecule has 1 atom stereocenters. The molecule has 2 aromatic carbocycles. The van der Waals surface area contributed by atoms with Crippen LogP contribution in [0.2, 0.25) is 5.02 Å². The average Bonchev–Trinajstić information content (AvgIpc) is 2.66. The molecule has 0 radical (unpaired) electrons. The Labute approximate surface area is 169 Å². The second kappa shape index (κ2) is 11.0. The number of carbonyl (C=O) groups is 3. The van der Waals surface area contributed by atoms with Gasteiger partial charge < -0.3 is 0 Å². The minimum absolute atomic E-state index is 0.141. The summed E-state index contributed by atoms with van der Waals surface area (Å²) in [6, 6.07) is 14.4. The normalized spacial score (nSPS) is 10.9. The first-order valence-corrected chi connectivity index (χ1v) is 10.8. The van der Waals surface area contributed by atoms with Crippen LogP contribution in [0.1, 0.15) is 28.8 Å². The molecule has 0 N–H and O–H groups in total. The number of hydrogen-bond acceptors (Lipinski definition) is 5. The third-order valence-electron chi connectivity index (χ3n) is 3.66. The molecule has 2 aromatic rings. The number of carbonyl (C=O) groups excluding carboxylic acids is 3. The first-order chi connectivity index (χ1) is 13.0. The Balaban J connectivity index is 1.80. The van der Waals surface area contributed by atoms with Crippen LogP contribution in [0.15, 0.2) is 48.5 Å². The molecule has 0 fully saturated rings. The van der Waals surface area contributed by atoms with Gasteiger partial charge in [-0.2, -0.15) is 0 Å². The quantitative estimate of drug-likeness (QED) is 0.240. The maximum absolute atomic E-state index is 12.2. The number of methoxy groups -OCH3 is 1. The number of halogens is 1. The Morgan fingerprint density at radius 2 is 1.81 bits per heavy atom. The van der Waals surface area contributed by atoms with Crippen molar-refractivity contribution < 1.29 is 23.9 Å². The second-order valence-electron chi connectivity index (χ2n) is 5.73. The number of ketones is 1. The van der Waals surface area contributed by atoms with E-state index in [0.29, 0.717) is 16.0 Å². The van der Waals surface area contributed by atoms with Crippen molar-refractivity contribution in [1.29, 1.82) is 0 Å². The molecule has 0 aliphatic heterocycles. The van der Waals surface area contributed by atoms with E-state index in [1.807, 2.05) is 30.3 Å². The number of rotatable bonds is 10. The molecule has 0 heterocycles. The molecule has 0 saturated carbocycles. The minimum atomic E-state index is -1.31. The first-order valence-electron chi connectivity index (χ1n) is 8.30. The zero-order valence-electron chi connectivity index (χ0n) is 14.9. The van der Waals surface area contributed by atoms with Crippen molar-refractivity contribution in [3.05, 3.63) is 64.7 Å². The van der Waals surface area contributed by atoms with Crippen molar-refractivity contribution in [3.63, 3.8) is 0 Å². The molecule has 27 heavy (non-hydrogen) atoms. The van der Waals surface area contributed by atoms with E-state index in [0.717, 1.165) is 5.56 Å². The van der Waals surface area contributed by atoms with E-state index in [2.05, 4.69) is 0 Å². The van der Waals surface area contributed by atoms with Crippen LogP contribution in [0.5, 0.6) is 0 Å². The second-order valence-corrected chi connectivity index (χ2v) is 8.99. The molecular formula is C20H20AsClO5. The van der Waals surface area contributed by atoms with E-state index in [9.17, 15) is 14.4 Å². The first kappa shape index (κ1) is 21.4. The summed E-state index contributed by atoms with van der Waals surface area (Å²) in [5.74, 6) is -0.699. The monoisotopic (exact) mass is 450 g/mol. The number of benzene rings is 2. The summed E-state index contributed by atoms with van der Waals surface area (Å²) in [7, 11) is 1.27. The van der Waals surface area contributed by atoms with Gasteiger partial charge in [-0.15, -0.1) is 0 Å². The van der Waals surface area contributed by atoms with E-state index >= 15 is 0 Å². The molecule has 5 nitrogen and oxygen atoms in total. The van der Waals surface area contributed by atoms with Gasteiger partial charge >= 0.3 is 170 Å². The molecule has 0 bridgehead atoms. The molecule has 142 valence electrons. The molecule has 7 heteroatoms. The van der Waals surface area contributed by atoms with Gasteiger partial charge in [-0.25, -0.2) is 0 Å². The van der Waals surface area contributed by atoms with Crippen LogP contribution in [0.4, 0.5) is 0 Å². The van der Waals surface area contributed by atoms with E-state index in [1.54, 1.807) is 12.1 Å². The van der Waals surface area contributed by atoms with Gasteiger partial charge in [0, 0.05) is 0 Å². The van der Waals surface area contributed by atoms with Crippen LogP contribution in [0, 0.1) is 0 Å². The third kappa shape index (κ3) is 7.30. The fourth-order valence-corrected chi connectivity index (χ4v) is 4.72. The van der Waals surface area contributed by atoms with Gasteiger partial charge in [0.2, 0.25) is 0 Å². The number of hydrogen-bond donors (Lipinski definition) is 0. The maximum atomic E-state index is 12.2. The van der Waals surface area contributed by atoms with Crippen LogP contribution >= 0.6 is 11.6 Å². The fraction of sp³-hybridized carbons (Fsp3) is 0.250. The molecule has 0 saturated heterocycles. The van der Waals surface area contributed by atoms with Crippen molar-refractivity contribution in [2.45, 2.75) is 19.4 Å². The average molecular weight is 451 g/mol. The Bertz CT molecular complexity index is 807. The van der Waals surface area contributed by atoms with Crippen molar-refractivity contribution in [1.82, 2.24) is 0 Å². The summed E-state index contributed by atoms with van der Waals surface area (Å²) < 4.78 is 10.7. The summed E-state index contributed by atoms with van der Waals surface area (Å²) in [5, 5.41) is 0.393. The molecule has 0 amide bonds. The number of esters is 1. The molecule has 0 spiro atoms.